The van der Waals surface area contributed by atoms with E-state index in [0.29, 0.717) is 12.1 Å². The number of hydrogen-bond donors (Lipinski definition) is 2. The van der Waals surface area contributed by atoms with Gasteiger partial charge in [-0.15, -0.1) is 11.3 Å². The molecule has 1 aromatic heterocycles. The van der Waals surface area contributed by atoms with Crippen molar-refractivity contribution in [2.45, 2.75) is 6.42 Å². The summed E-state index contributed by atoms with van der Waals surface area (Å²) in [5, 5.41) is 5.93. The van der Waals surface area contributed by atoms with E-state index in [4.69, 9.17) is 11.6 Å². The van der Waals surface area contributed by atoms with Gasteiger partial charge in [0, 0.05) is 24.2 Å². The zero-order valence-corrected chi connectivity index (χ0v) is 12.1. The third kappa shape index (κ3) is 3.72. The van der Waals surface area contributed by atoms with Crippen LogP contribution in [0.15, 0.2) is 36.4 Å². The predicted molar refractivity (Wildman–Crippen MR) is 81.4 cm³/mol. The van der Waals surface area contributed by atoms with E-state index >= 15 is 0 Å². The number of carbonyl (C=O) groups is 1. The van der Waals surface area contributed by atoms with Gasteiger partial charge in [-0.1, -0.05) is 23.7 Å². The second-order valence-electron chi connectivity index (χ2n) is 4.01. The number of para-hydroxylation sites is 1. The molecule has 0 fully saturated rings. The Labute approximate surface area is 121 Å². The van der Waals surface area contributed by atoms with Crippen LogP contribution in [0.3, 0.4) is 0 Å². The molecule has 0 saturated carbocycles. The Bertz CT molecular complexity index is 568. The topological polar surface area (TPSA) is 41.1 Å². The Morgan fingerprint density at radius 2 is 2.05 bits per heavy atom. The van der Waals surface area contributed by atoms with Gasteiger partial charge < -0.3 is 10.6 Å². The number of nitrogens with one attached hydrogen (secondary N) is 2. The van der Waals surface area contributed by atoms with Crippen LogP contribution in [0.5, 0.6) is 0 Å². The molecule has 0 spiro atoms. The number of rotatable bonds is 5. The molecule has 0 unspecified atom stereocenters. The first kappa shape index (κ1) is 13.9. The van der Waals surface area contributed by atoms with E-state index in [9.17, 15) is 4.79 Å². The van der Waals surface area contributed by atoms with Crippen LogP contribution in [0.4, 0.5) is 5.69 Å². The summed E-state index contributed by atoms with van der Waals surface area (Å²) < 4.78 is 0.779. The van der Waals surface area contributed by atoms with Crippen LogP contribution in [0, 0.1) is 0 Å². The van der Waals surface area contributed by atoms with E-state index < -0.39 is 0 Å². The smallest absolute Gasteiger partial charge is 0.253 e. The van der Waals surface area contributed by atoms with Gasteiger partial charge in [-0.2, -0.15) is 0 Å². The second-order valence-corrected chi connectivity index (χ2v) is 5.81. The standard InChI is InChI=1S/C14H15ClN2OS/c1-16-12-5-3-2-4-11(12)14(18)17-9-8-10-6-7-13(15)19-10/h2-7,16H,8-9H2,1H3,(H,17,18). The Hall–Kier alpha value is -1.52. The molecule has 0 atom stereocenters. The molecule has 1 heterocycles. The molecule has 19 heavy (non-hydrogen) atoms. The van der Waals surface area contributed by atoms with Gasteiger partial charge in [0.1, 0.15) is 0 Å². The third-order valence-corrected chi connectivity index (χ3v) is 4.02. The molecule has 3 nitrogen and oxygen atoms in total. The minimum absolute atomic E-state index is 0.0624. The lowest BCUT2D eigenvalue weighted by Crippen LogP contribution is -2.26. The number of amides is 1. The quantitative estimate of drug-likeness (QED) is 0.887. The maximum absolute atomic E-state index is 12.0. The Kier molecular flexibility index (Phi) is 4.82. The molecule has 0 bridgehead atoms. The number of hydrogen-bond acceptors (Lipinski definition) is 3. The van der Waals surface area contributed by atoms with Crippen molar-refractivity contribution < 1.29 is 4.79 Å². The summed E-state index contributed by atoms with van der Waals surface area (Å²) in [6.07, 6.45) is 0.796. The van der Waals surface area contributed by atoms with Crippen molar-refractivity contribution in [1.29, 1.82) is 0 Å². The van der Waals surface area contributed by atoms with E-state index in [2.05, 4.69) is 10.6 Å². The molecule has 100 valence electrons. The van der Waals surface area contributed by atoms with E-state index in [1.54, 1.807) is 18.4 Å². The first-order valence-electron chi connectivity index (χ1n) is 6.00. The van der Waals surface area contributed by atoms with Crippen LogP contribution in [0.25, 0.3) is 0 Å². The summed E-state index contributed by atoms with van der Waals surface area (Å²) in [6.45, 7) is 0.605. The summed E-state index contributed by atoms with van der Waals surface area (Å²) in [4.78, 5) is 13.2. The SMILES string of the molecule is CNc1ccccc1C(=O)NCCc1ccc(Cl)s1. The zero-order chi connectivity index (χ0) is 13.7. The van der Waals surface area contributed by atoms with Gasteiger partial charge in [-0.3, -0.25) is 4.79 Å². The maximum Gasteiger partial charge on any atom is 0.253 e. The molecule has 2 aromatic rings. The Morgan fingerprint density at radius 1 is 1.26 bits per heavy atom. The van der Waals surface area contributed by atoms with Gasteiger partial charge in [0.25, 0.3) is 5.91 Å². The Morgan fingerprint density at radius 3 is 2.74 bits per heavy atom. The molecular formula is C14H15ClN2OS. The minimum atomic E-state index is -0.0624. The Balaban J connectivity index is 1.90. The lowest BCUT2D eigenvalue weighted by atomic mass is 10.1. The first-order chi connectivity index (χ1) is 9.20. The predicted octanol–water partition coefficient (Wildman–Crippen LogP) is 3.42. The molecule has 1 amide bonds. The van der Waals surface area contributed by atoms with Crippen LogP contribution in [0.1, 0.15) is 15.2 Å². The van der Waals surface area contributed by atoms with Gasteiger partial charge in [0.15, 0.2) is 0 Å². The summed E-state index contributed by atoms with van der Waals surface area (Å²) >= 11 is 7.40. The molecule has 2 rings (SSSR count). The fourth-order valence-corrected chi connectivity index (χ4v) is 2.87. The maximum atomic E-state index is 12.0. The van der Waals surface area contributed by atoms with Crippen molar-refractivity contribution in [3.63, 3.8) is 0 Å². The molecule has 0 radical (unpaired) electrons. The highest BCUT2D eigenvalue weighted by Crippen LogP contribution is 2.21. The van der Waals surface area contributed by atoms with Crippen molar-refractivity contribution in [1.82, 2.24) is 5.32 Å². The monoisotopic (exact) mass is 294 g/mol. The van der Waals surface area contributed by atoms with E-state index in [-0.39, 0.29) is 5.91 Å². The van der Waals surface area contributed by atoms with Crippen LogP contribution in [-0.2, 0) is 6.42 Å². The van der Waals surface area contributed by atoms with Crippen molar-refractivity contribution in [3.8, 4) is 0 Å². The van der Waals surface area contributed by atoms with Crippen LogP contribution in [-0.4, -0.2) is 19.5 Å². The first-order valence-corrected chi connectivity index (χ1v) is 7.19. The minimum Gasteiger partial charge on any atom is -0.387 e. The summed E-state index contributed by atoms with van der Waals surface area (Å²) in [5.41, 5.74) is 1.49. The zero-order valence-electron chi connectivity index (χ0n) is 10.6. The van der Waals surface area contributed by atoms with Crippen molar-refractivity contribution in [3.05, 3.63) is 51.2 Å². The lowest BCUT2D eigenvalue weighted by molar-refractivity contribution is 0.0955. The van der Waals surface area contributed by atoms with Crippen molar-refractivity contribution >= 4 is 34.5 Å². The van der Waals surface area contributed by atoms with Gasteiger partial charge in [0.05, 0.1) is 9.90 Å². The van der Waals surface area contributed by atoms with Gasteiger partial charge >= 0.3 is 0 Å². The molecule has 0 aliphatic carbocycles. The molecule has 5 heteroatoms. The van der Waals surface area contributed by atoms with Gasteiger partial charge in [0.2, 0.25) is 0 Å². The largest absolute Gasteiger partial charge is 0.387 e. The number of benzene rings is 1. The highest BCUT2D eigenvalue weighted by Gasteiger charge is 2.09. The summed E-state index contributed by atoms with van der Waals surface area (Å²) in [5.74, 6) is -0.0624. The van der Waals surface area contributed by atoms with Crippen molar-refractivity contribution in [2.24, 2.45) is 0 Å². The molecule has 0 aliphatic heterocycles. The van der Waals surface area contributed by atoms with Crippen LogP contribution >= 0.6 is 22.9 Å². The normalized spacial score (nSPS) is 10.2. The fourth-order valence-electron chi connectivity index (χ4n) is 1.78. The molecule has 1 aromatic carbocycles. The molecular weight excluding hydrogens is 280 g/mol. The average Bonchev–Trinajstić information content (AvgIpc) is 2.84. The number of carbonyl (C=O) groups excluding carboxylic acids is 1. The van der Waals surface area contributed by atoms with Crippen LogP contribution in [0.2, 0.25) is 4.34 Å². The lowest BCUT2D eigenvalue weighted by Gasteiger charge is -2.09. The van der Waals surface area contributed by atoms with Crippen molar-refractivity contribution in [2.75, 3.05) is 18.9 Å². The number of anilines is 1. The van der Waals surface area contributed by atoms with Gasteiger partial charge in [-0.25, -0.2) is 0 Å². The fraction of sp³-hybridized carbons (Fsp3) is 0.214. The average molecular weight is 295 g/mol. The molecule has 0 aliphatic rings. The van der Waals surface area contributed by atoms with E-state index in [0.717, 1.165) is 16.4 Å². The van der Waals surface area contributed by atoms with E-state index in [1.165, 1.54) is 4.88 Å². The second kappa shape index (κ2) is 6.59. The molecule has 0 saturated heterocycles. The third-order valence-electron chi connectivity index (χ3n) is 2.73. The number of thiophene rings is 1. The number of halogens is 1. The van der Waals surface area contributed by atoms with Gasteiger partial charge in [-0.05, 0) is 30.7 Å². The highest BCUT2D eigenvalue weighted by molar-refractivity contribution is 7.16. The summed E-state index contributed by atoms with van der Waals surface area (Å²) in [7, 11) is 1.81. The highest BCUT2D eigenvalue weighted by atomic mass is 35.5. The summed E-state index contributed by atoms with van der Waals surface area (Å²) in [6, 6.07) is 11.3. The van der Waals surface area contributed by atoms with E-state index in [1.807, 2.05) is 36.4 Å². The molecule has 2 N–H and O–H groups in total. The van der Waals surface area contributed by atoms with Crippen LogP contribution < -0.4 is 10.6 Å².